The highest BCUT2D eigenvalue weighted by atomic mass is 35.5. The van der Waals surface area contributed by atoms with Gasteiger partial charge in [0.2, 0.25) is 5.91 Å². The second kappa shape index (κ2) is 8.22. The van der Waals surface area contributed by atoms with Crippen LogP contribution in [0.4, 0.5) is 0 Å². The highest BCUT2D eigenvalue weighted by Crippen LogP contribution is 2.28. The van der Waals surface area contributed by atoms with E-state index in [4.69, 9.17) is 11.6 Å². The van der Waals surface area contributed by atoms with Gasteiger partial charge in [-0.1, -0.05) is 11.6 Å². The molecule has 0 aromatic carbocycles. The van der Waals surface area contributed by atoms with Gasteiger partial charge in [-0.05, 0) is 12.1 Å². The minimum atomic E-state index is -3.62. The number of aromatic amines is 2. The zero-order chi connectivity index (χ0) is 22.3. The smallest absolute Gasteiger partial charge is 0.329 e. The summed E-state index contributed by atoms with van der Waals surface area (Å²) >= 11 is 6.85. The van der Waals surface area contributed by atoms with Crippen LogP contribution in [0.1, 0.15) is 12.2 Å². The number of rotatable bonds is 5. The predicted molar refractivity (Wildman–Crippen MR) is 115 cm³/mol. The van der Waals surface area contributed by atoms with Crippen LogP contribution >= 0.6 is 22.9 Å². The van der Waals surface area contributed by atoms with Crippen molar-refractivity contribution < 1.29 is 13.2 Å². The van der Waals surface area contributed by atoms with Gasteiger partial charge in [0.1, 0.15) is 15.6 Å². The minimum Gasteiger partial charge on any atom is -0.340 e. The summed E-state index contributed by atoms with van der Waals surface area (Å²) in [5.41, 5.74) is -0.724. The van der Waals surface area contributed by atoms with Crippen molar-refractivity contribution in [2.45, 2.75) is 17.1 Å². The number of H-pyrrole nitrogens is 2. The predicted octanol–water partition coefficient (Wildman–Crippen LogP) is 0.131. The van der Waals surface area contributed by atoms with Gasteiger partial charge in [0.05, 0.1) is 4.34 Å². The molecular formula is C17H19ClN6O5S2. The number of thiophene rings is 1. The molecule has 0 bridgehead atoms. The fourth-order valence-electron chi connectivity index (χ4n) is 3.40. The fraction of sp³-hybridized carbons (Fsp3) is 0.412. The first kappa shape index (κ1) is 21.7. The molecule has 4 heterocycles. The van der Waals surface area contributed by atoms with E-state index in [0.29, 0.717) is 10.2 Å². The quantitative estimate of drug-likeness (QED) is 0.525. The topological polar surface area (TPSA) is 141 Å². The van der Waals surface area contributed by atoms with E-state index in [2.05, 4.69) is 15.0 Å². The Balaban J connectivity index is 1.37. The molecule has 0 spiro atoms. The van der Waals surface area contributed by atoms with Crippen LogP contribution < -0.4 is 11.2 Å². The maximum Gasteiger partial charge on any atom is 0.329 e. The third kappa shape index (κ3) is 4.18. The maximum atomic E-state index is 12.7. The second-order valence-corrected chi connectivity index (χ2v) is 10.9. The Bertz CT molecular complexity index is 1360. The van der Waals surface area contributed by atoms with Crippen molar-refractivity contribution in [1.29, 1.82) is 0 Å². The number of sulfonamides is 1. The van der Waals surface area contributed by atoms with Crippen molar-refractivity contribution in [2.75, 3.05) is 26.2 Å². The molecule has 11 nitrogen and oxygen atoms in total. The molecule has 3 aromatic rings. The van der Waals surface area contributed by atoms with Crippen LogP contribution in [0.25, 0.3) is 11.2 Å². The van der Waals surface area contributed by atoms with Crippen molar-refractivity contribution in [3.05, 3.63) is 43.1 Å². The molecule has 0 radical (unpaired) electrons. The van der Waals surface area contributed by atoms with E-state index in [9.17, 15) is 22.8 Å². The standard InChI is InChI=1S/C17H19ClN6O5S2/c1-22-15-14(16(26)21-17(22)27)19-11(20-15)3-4-12(25)23-6-8-24(9-7-23)31(28,29)13-5-2-10(18)30-13/h2,5H,3-4,6-9H2,1H3,(H,19,20)(H,21,26,27). The van der Waals surface area contributed by atoms with E-state index in [-0.39, 0.29) is 60.3 Å². The van der Waals surface area contributed by atoms with E-state index in [1.165, 1.54) is 22.0 Å². The molecule has 1 fully saturated rings. The van der Waals surface area contributed by atoms with Gasteiger partial charge in [-0.2, -0.15) is 4.31 Å². The highest BCUT2D eigenvalue weighted by Gasteiger charge is 2.31. The Kier molecular flexibility index (Phi) is 5.77. The maximum absolute atomic E-state index is 12.7. The van der Waals surface area contributed by atoms with Crippen molar-refractivity contribution >= 4 is 50.0 Å². The molecule has 2 N–H and O–H groups in total. The van der Waals surface area contributed by atoms with E-state index in [1.807, 2.05) is 0 Å². The van der Waals surface area contributed by atoms with E-state index >= 15 is 0 Å². The first-order valence-corrected chi connectivity index (χ1v) is 12.0. The molecule has 31 heavy (non-hydrogen) atoms. The molecule has 0 atom stereocenters. The molecule has 0 unspecified atom stereocenters. The summed E-state index contributed by atoms with van der Waals surface area (Å²) in [5.74, 6) is 0.283. The average Bonchev–Trinajstić information content (AvgIpc) is 3.38. The number of piperazine rings is 1. The first-order valence-electron chi connectivity index (χ1n) is 9.38. The SMILES string of the molecule is Cn1c(=O)[nH]c(=O)c2[nH]c(CCC(=O)N3CCN(S(=O)(=O)c4ccc(Cl)s4)CC3)nc21. The molecule has 166 valence electrons. The number of aromatic nitrogens is 4. The molecule has 3 aromatic heterocycles. The lowest BCUT2D eigenvalue weighted by Crippen LogP contribution is -2.50. The third-order valence-corrected chi connectivity index (χ3v) is 8.71. The lowest BCUT2D eigenvalue weighted by atomic mass is 10.2. The number of imidazole rings is 1. The van der Waals surface area contributed by atoms with Crippen LogP contribution in [0.5, 0.6) is 0 Å². The Morgan fingerprint density at radius 2 is 1.90 bits per heavy atom. The van der Waals surface area contributed by atoms with Crippen LogP contribution in [0.3, 0.4) is 0 Å². The number of hydrogen-bond donors (Lipinski definition) is 2. The van der Waals surface area contributed by atoms with Crippen molar-refractivity contribution in [1.82, 2.24) is 28.7 Å². The van der Waals surface area contributed by atoms with Crippen molar-refractivity contribution in [2.24, 2.45) is 7.05 Å². The lowest BCUT2D eigenvalue weighted by Gasteiger charge is -2.33. The normalized spacial score (nSPS) is 15.6. The number of hydrogen-bond acceptors (Lipinski definition) is 7. The number of halogens is 1. The zero-order valence-corrected chi connectivity index (χ0v) is 18.8. The average molecular weight is 487 g/mol. The summed E-state index contributed by atoms with van der Waals surface area (Å²) < 4.78 is 28.5. The first-order chi connectivity index (χ1) is 14.7. The Hall–Kier alpha value is -2.48. The molecule has 0 aliphatic carbocycles. The summed E-state index contributed by atoms with van der Waals surface area (Å²) in [4.78, 5) is 47.0. The van der Waals surface area contributed by atoms with Gasteiger partial charge in [0, 0.05) is 46.1 Å². The van der Waals surface area contributed by atoms with Gasteiger partial charge < -0.3 is 9.88 Å². The number of fused-ring (bicyclic) bond motifs is 1. The van der Waals surface area contributed by atoms with Gasteiger partial charge in [0.15, 0.2) is 5.65 Å². The molecule has 1 aliphatic rings. The van der Waals surface area contributed by atoms with Crippen molar-refractivity contribution in [3.63, 3.8) is 0 Å². The van der Waals surface area contributed by atoms with Crippen LogP contribution in [-0.4, -0.2) is 69.2 Å². The summed E-state index contributed by atoms with van der Waals surface area (Å²) in [5, 5.41) is 0. The summed E-state index contributed by atoms with van der Waals surface area (Å²) in [6.45, 7) is 0.967. The monoisotopic (exact) mass is 486 g/mol. The fourth-order valence-corrected chi connectivity index (χ4v) is 6.46. The summed E-state index contributed by atoms with van der Waals surface area (Å²) in [6.07, 6.45) is 0.395. The molecule has 4 rings (SSSR count). The largest absolute Gasteiger partial charge is 0.340 e. The molecule has 1 saturated heterocycles. The van der Waals surface area contributed by atoms with Crippen LogP contribution in [-0.2, 0) is 28.3 Å². The number of carbonyl (C=O) groups is 1. The summed E-state index contributed by atoms with van der Waals surface area (Å²) in [6, 6.07) is 3.02. The van der Waals surface area contributed by atoms with Gasteiger partial charge in [-0.25, -0.2) is 18.2 Å². The molecule has 14 heteroatoms. The molecule has 0 saturated carbocycles. The van der Waals surface area contributed by atoms with Gasteiger partial charge in [-0.15, -0.1) is 11.3 Å². The zero-order valence-electron chi connectivity index (χ0n) is 16.4. The minimum absolute atomic E-state index is 0.138. The van der Waals surface area contributed by atoms with E-state index in [1.54, 1.807) is 11.0 Å². The van der Waals surface area contributed by atoms with Gasteiger partial charge >= 0.3 is 5.69 Å². The van der Waals surface area contributed by atoms with Crippen LogP contribution in [0, 0.1) is 0 Å². The third-order valence-electron chi connectivity index (χ3n) is 5.11. The molecular weight excluding hydrogens is 468 g/mol. The lowest BCUT2D eigenvalue weighted by molar-refractivity contribution is -0.132. The molecule has 1 amide bonds. The Morgan fingerprint density at radius 3 is 2.55 bits per heavy atom. The van der Waals surface area contributed by atoms with E-state index in [0.717, 1.165) is 11.3 Å². The van der Waals surface area contributed by atoms with E-state index < -0.39 is 21.3 Å². The van der Waals surface area contributed by atoms with Gasteiger partial charge in [-0.3, -0.25) is 19.1 Å². The Labute approximate surface area is 185 Å². The highest BCUT2D eigenvalue weighted by molar-refractivity contribution is 7.91. The number of aryl methyl sites for hydroxylation is 2. The number of nitrogens with one attached hydrogen (secondary N) is 2. The number of amides is 1. The number of nitrogens with zero attached hydrogens (tertiary/aromatic N) is 4. The van der Waals surface area contributed by atoms with Crippen molar-refractivity contribution in [3.8, 4) is 0 Å². The van der Waals surface area contributed by atoms with Crippen LogP contribution in [0.2, 0.25) is 4.34 Å². The summed E-state index contributed by atoms with van der Waals surface area (Å²) in [7, 11) is -2.12. The Morgan fingerprint density at radius 1 is 1.19 bits per heavy atom. The van der Waals surface area contributed by atoms with Crippen LogP contribution in [0.15, 0.2) is 25.9 Å². The van der Waals surface area contributed by atoms with Gasteiger partial charge in [0.25, 0.3) is 15.6 Å². The molecule has 1 aliphatic heterocycles. The number of carbonyl (C=O) groups excluding carboxylic acids is 1. The second-order valence-electron chi connectivity index (χ2n) is 7.04.